The summed E-state index contributed by atoms with van der Waals surface area (Å²) < 4.78 is 26.7. The molecule has 0 aliphatic rings. The van der Waals surface area contributed by atoms with E-state index >= 15 is 0 Å². The lowest BCUT2D eigenvalue weighted by Gasteiger charge is -2.20. The molecule has 0 fully saturated rings. The lowest BCUT2D eigenvalue weighted by Crippen LogP contribution is -2.38. The minimum atomic E-state index is -3.64. The number of aliphatic hydroxyl groups excluding tert-OH is 1. The van der Waals surface area contributed by atoms with Crippen molar-refractivity contribution in [3.63, 3.8) is 0 Å². The molecule has 6 nitrogen and oxygen atoms in total. The Labute approximate surface area is 101 Å². The van der Waals surface area contributed by atoms with E-state index in [1.807, 2.05) is 20.8 Å². The highest BCUT2D eigenvalue weighted by Crippen LogP contribution is 2.15. The molecule has 0 amide bonds. The van der Waals surface area contributed by atoms with E-state index in [1.165, 1.54) is 6.20 Å². The maximum atomic E-state index is 12.1. The van der Waals surface area contributed by atoms with E-state index in [-0.39, 0.29) is 29.2 Å². The summed E-state index contributed by atoms with van der Waals surface area (Å²) in [6.45, 7) is 5.48. The molecular formula is C10H19N3O3S. The molecule has 0 saturated carbocycles. The molecule has 1 heterocycles. The Hall–Kier alpha value is -0.920. The van der Waals surface area contributed by atoms with Gasteiger partial charge in [0.15, 0.2) is 5.03 Å². The lowest BCUT2D eigenvalue weighted by atomic mass is 10.0. The van der Waals surface area contributed by atoms with Gasteiger partial charge in [0.25, 0.3) is 10.0 Å². The summed E-state index contributed by atoms with van der Waals surface area (Å²) in [4.78, 5) is 0. The Morgan fingerprint density at radius 2 is 2.18 bits per heavy atom. The molecule has 0 bridgehead atoms. The molecular weight excluding hydrogens is 242 g/mol. The first kappa shape index (κ1) is 14.1. The van der Waals surface area contributed by atoms with Gasteiger partial charge in [-0.1, -0.05) is 20.8 Å². The summed E-state index contributed by atoms with van der Waals surface area (Å²) in [6.07, 6.45) is 2.02. The summed E-state index contributed by atoms with van der Waals surface area (Å²) >= 11 is 0. The van der Waals surface area contributed by atoms with Crippen molar-refractivity contribution in [2.75, 3.05) is 0 Å². The molecule has 0 aliphatic heterocycles. The lowest BCUT2D eigenvalue weighted by molar-refractivity contribution is 0.278. The average molecular weight is 261 g/mol. The first-order valence-electron chi connectivity index (χ1n) is 5.57. The third-order valence-corrected chi connectivity index (χ3v) is 4.17. The highest BCUT2D eigenvalue weighted by Gasteiger charge is 2.24. The van der Waals surface area contributed by atoms with E-state index in [1.54, 1.807) is 0 Å². The summed E-state index contributed by atoms with van der Waals surface area (Å²) in [7, 11) is -3.64. The number of nitrogens with zero attached hydrogens (tertiary/aromatic N) is 1. The number of aliphatic hydroxyl groups is 1. The fourth-order valence-electron chi connectivity index (χ4n) is 1.59. The van der Waals surface area contributed by atoms with E-state index in [9.17, 15) is 8.42 Å². The zero-order chi connectivity index (χ0) is 13.1. The van der Waals surface area contributed by atoms with Gasteiger partial charge in [-0.15, -0.1) is 0 Å². The monoisotopic (exact) mass is 261 g/mol. The Morgan fingerprint density at radius 3 is 2.65 bits per heavy atom. The third-order valence-electron chi connectivity index (χ3n) is 2.67. The van der Waals surface area contributed by atoms with E-state index in [0.717, 1.165) is 0 Å². The first-order valence-corrected chi connectivity index (χ1v) is 7.06. The molecule has 0 aromatic carbocycles. The Morgan fingerprint density at radius 1 is 1.53 bits per heavy atom. The van der Waals surface area contributed by atoms with Crippen LogP contribution < -0.4 is 4.72 Å². The Kier molecular flexibility index (Phi) is 4.67. The van der Waals surface area contributed by atoms with Crippen molar-refractivity contribution in [2.45, 2.75) is 44.9 Å². The highest BCUT2D eigenvalue weighted by atomic mass is 32.2. The van der Waals surface area contributed by atoms with Crippen molar-refractivity contribution in [2.24, 2.45) is 5.92 Å². The maximum absolute atomic E-state index is 12.1. The molecule has 0 radical (unpaired) electrons. The van der Waals surface area contributed by atoms with Crippen molar-refractivity contribution in [3.05, 3.63) is 11.8 Å². The topological polar surface area (TPSA) is 95.1 Å². The molecule has 1 atom stereocenters. The van der Waals surface area contributed by atoms with Crippen LogP contribution in [0.4, 0.5) is 0 Å². The van der Waals surface area contributed by atoms with E-state index < -0.39 is 10.0 Å². The van der Waals surface area contributed by atoms with Crippen LogP contribution in [0.1, 0.15) is 32.8 Å². The largest absolute Gasteiger partial charge is 0.392 e. The molecule has 0 aliphatic carbocycles. The standard InChI is InChI=1S/C10H19N3O3S/c1-4-9(7(2)3)13-17(15,16)10-8(6-14)5-11-12-10/h5,7,9,13-14H,4,6H2,1-3H3,(H,11,12). The smallest absolute Gasteiger partial charge is 0.258 e. The van der Waals surface area contributed by atoms with Crippen molar-refractivity contribution in [1.82, 2.24) is 14.9 Å². The van der Waals surface area contributed by atoms with Gasteiger partial charge in [0.05, 0.1) is 12.8 Å². The maximum Gasteiger partial charge on any atom is 0.258 e. The third kappa shape index (κ3) is 3.27. The Bertz CT molecular complexity index is 453. The van der Waals surface area contributed by atoms with Crippen molar-refractivity contribution >= 4 is 10.0 Å². The van der Waals surface area contributed by atoms with Gasteiger partial charge in [-0.25, -0.2) is 13.1 Å². The van der Waals surface area contributed by atoms with Crippen LogP contribution in [0, 0.1) is 5.92 Å². The number of sulfonamides is 1. The number of rotatable bonds is 6. The van der Waals surface area contributed by atoms with E-state index in [4.69, 9.17) is 5.11 Å². The Balaban J connectivity index is 2.96. The number of aromatic nitrogens is 2. The van der Waals surface area contributed by atoms with Crippen LogP contribution in [-0.4, -0.2) is 29.8 Å². The second-order valence-corrected chi connectivity index (χ2v) is 5.91. The van der Waals surface area contributed by atoms with Gasteiger partial charge >= 0.3 is 0 Å². The summed E-state index contributed by atoms with van der Waals surface area (Å²) in [6, 6.07) is -0.130. The van der Waals surface area contributed by atoms with Crippen LogP contribution in [0.5, 0.6) is 0 Å². The van der Waals surface area contributed by atoms with Crippen LogP contribution in [0.2, 0.25) is 0 Å². The normalized spacial score (nSPS) is 14.2. The number of nitrogens with one attached hydrogen (secondary N) is 2. The minimum Gasteiger partial charge on any atom is -0.392 e. The average Bonchev–Trinajstić information content (AvgIpc) is 2.74. The minimum absolute atomic E-state index is 0.0564. The fraction of sp³-hybridized carbons (Fsp3) is 0.700. The van der Waals surface area contributed by atoms with Crippen molar-refractivity contribution in [3.8, 4) is 0 Å². The molecule has 3 N–H and O–H groups in total. The molecule has 17 heavy (non-hydrogen) atoms. The van der Waals surface area contributed by atoms with Gasteiger partial charge in [-0.05, 0) is 12.3 Å². The van der Waals surface area contributed by atoms with Crippen molar-refractivity contribution in [1.29, 1.82) is 0 Å². The SMILES string of the molecule is CCC(NS(=O)(=O)c1[nH]ncc1CO)C(C)C. The predicted octanol–water partition coefficient (Wildman–Crippen LogP) is 0.615. The molecule has 1 aromatic heterocycles. The molecule has 98 valence electrons. The van der Waals surface area contributed by atoms with E-state index in [0.29, 0.717) is 6.42 Å². The molecule has 7 heteroatoms. The van der Waals surface area contributed by atoms with Crippen LogP contribution in [0.25, 0.3) is 0 Å². The zero-order valence-corrected chi connectivity index (χ0v) is 11.1. The summed E-state index contributed by atoms with van der Waals surface area (Å²) in [5.74, 6) is 0.204. The highest BCUT2D eigenvalue weighted by molar-refractivity contribution is 7.89. The quantitative estimate of drug-likeness (QED) is 0.699. The zero-order valence-electron chi connectivity index (χ0n) is 10.3. The van der Waals surface area contributed by atoms with Gasteiger partial charge in [-0.2, -0.15) is 5.10 Å². The fourth-order valence-corrected chi connectivity index (χ4v) is 3.18. The van der Waals surface area contributed by atoms with Crippen molar-refractivity contribution < 1.29 is 13.5 Å². The number of hydrogen-bond acceptors (Lipinski definition) is 4. The summed E-state index contributed by atoms with van der Waals surface area (Å²) in [5, 5.41) is 15.0. The molecule has 1 rings (SSSR count). The second-order valence-electron chi connectivity index (χ2n) is 4.26. The van der Waals surface area contributed by atoms with Gasteiger partial charge in [-0.3, -0.25) is 5.10 Å². The van der Waals surface area contributed by atoms with Gasteiger partial charge in [0.2, 0.25) is 0 Å². The number of hydrogen-bond donors (Lipinski definition) is 3. The van der Waals surface area contributed by atoms with Crippen LogP contribution in [0.3, 0.4) is 0 Å². The predicted molar refractivity (Wildman–Crippen MR) is 63.7 cm³/mol. The number of aromatic amines is 1. The first-order chi connectivity index (χ1) is 7.92. The van der Waals surface area contributed by atoms with Crippen LogP contribution >= 0.6 is 0 Å². The summed E-state index contributed by atoms with van der Waals surface area (Å²) in [5.41, 5.74) is 0.274. The molecule has 1 aromatic rings. The molecule has 0 spiro atoms. The molecule has 1 unspecified atom stereocenters. The second kappa shape index (κ2) is 5.61. The van der Waals surface area contributed by atoms with Crippen LogP contribution in [0.15, 0.2) is 11.2 Å². The van der Waals surface area contributed by atoms with E-state index in [2.05, 4.69) is 14.9 Å². The number of H-pyrrole nitrogens is 1. The van der Waals surface area contributed by atoms with Gasteiger partial charge in [0.1, 0.15) is 0 Å². The van der Waals surface area contributed by atoms with Gasteiger partial charge in [0, 0.05) is 11.6 Å². The van der Waals surface area contributed by atoms with Crippen LogP contribution in [-0.2, 0) is 16.6 Å². The van der Waals surface area contributed by atoms with Gasteiger partial charge < -0.3 is 5.11 Å². The molecule has 0 saturated heterocycles.